The lowest BCUT2D eigenvalue weighted by atomic mass is 10.1. The summed E-state index contributed by atoms with van der Waals surface area (Å²) >= 11 is 5.85. The van der Waals surface area contributed by atoms with Crippen LogP contribution in [0.2, 0.25) is 5.02 Å². The van der Waals surface area contributed by atoms with Crippen LogP contribution in [0.25, 0.3) is 11.0 Å². The highest BCUT2D eigenvalue weighted by Crippen LogP contribution is 2.17. The zero-order chi connectivity index (χ0) is 16.4. The fraction of sp³-hybridized carbons (Fsp3) is 0.0625. The number of hydrogen-bond acceptors (Lipinski definition) is 3. The summed E-state index contributed by atoms with van der Waals surface area (Å²) < 4.78 is 13.3. The van der Waals surface area contributed by atoms with Crippen LogP contribution in [0.1, 0.15) is 21.6 Å². The molecule has 5 nitrogen and oxygen atoms in total. The van der Waals surface area contributed by atoms with Crippen LogP contribution in [0.5, 0.6) is 0 Å². The number of amides is 1. The number of nitrogens with zero attached hydrogens (tertiary/aromatic N) is 2. The molecule has 0 spiro atoms. The van der Waals surface area contributed by atoms with Gasteiger partial charge in [0.2, 0.25) is 0 Å². The first-order chi connectivity index (χ1) is 11.1. The Morgan fingerprint density at radius 3 is 3.00 bits per heavy atom. The molecule has 3 aromatic rings. The van der Waals surface area contributed by atoms with Crippen molar-refractivity contribution in [2.45, 2.75) is 6.54 Å². The molecule has 0 saturated carbocycles. The van der Waals surface area contributed by atoms with Crippen LogP contribution in [-0.2, 0) is 6.54 Å². The fourth-order valence-corrected chi connectivity index (χ4v) is 2.31. The molecule has 3 rings (SSSR count). The predicted octanol–water partition coefficient (Wildman–Crippen LogP) is 3.16. The number of pyridine rings is 1. The summed E-state index contributed by atoms with van der Waals surface area (Å²) in [6, 6.07) is 9.19. The van der Waals surface area contributed by atoms with Gasteiger partial charge in [0.15, 0.2) is 0 Å². The summed E-state index contributed by atoms with van der Waals surface area (Å²) in [6.07, 6.45) is 1.50. The lowest BCUT2D eigenvalue weighted by Crippen LogP contribution is -2.23. The number of rotatable bonds is 3. The number of fused-ring (bicyclic) bond motifs is 1. The minimum absolute atomic E-state index is 0.0544. The SMILES string of the molecule is N#Cc1cc(CNC(=O)c2cc3ncc(Cl)cc3[nH]2)ccc1F. The Hall–Kier alpha value is -2.91. The van der Waals surface area contributed by atoms with Gasteiger partial charge in [-0.2, -0.15) is 5.26 Å². The number of H-pyrrole nitrogens is 1. The van der Waals surface area contributed by atoms with Gasteiger partial charge in [-0.3, -0.25) is 9.78 Å². The first-order valence-electron chi connectivity index (χ1n) is 6.68. The number of hydrogen-bond donors (Lipinski definition) is 2. The molecule has 0 unspecified atom stereocenters. The van der Waals surface area contributed by atoms with Crippen molar-refractivity contribution in [2.24, 2.45) is 0 Å². The number of halogens is 2. The Kier molecular flexibility index (Phi) is 3.96. The van der Waals surface area contributed by atoms with Gasteiger partial charge in [0.05, 0.1) is 21.6 Å². The van der Waals surface area contributed by atoms with Crippen LogP contribution >= 0.6 is 11.6 Å². The molecule has 0 fully saturated rings. The number of carbonyl (C=O) groups is 1. The molecule has 0 aliphatic carbocycles. The molecule has 2 aromatic heterocycles. The van der Waals surface area contributed by atoms with Gasteiger partial charge in [-0.05, 0) is 29.8 Å². The Labute approximate surface area is 135 Å². The van der Waals surface area contributed by atoms with Gasteiger partial charge >= 0.3 is 0 Å². The average Bonchev–Trinajstić information content (AvgIpc) is 2.97. The normalized spacial score (nSPS) is 10.5. The molecule has 2 heterocycles. The molecule has 0 radical (unpaired) electrons. The van der Waals surface area contributed by atoms with E-state index in [1.54, 1.807) is 18.2 Å². The summed E-state index contributed by atoms with van der Waals surface area (Å²) in [4.78, 5) is 19.2. The lowest BCUT2D eigenvalue weighted by molar-refractivity contribution is 0.0946. The van der Waals surface area contributed by atoms with Crippen LogP contribution in [0.15, 0.2) is 36.5 Å². The number of aromatic amines is 1. The highest BCUT2D eigenvalue weighted by atomic mass is 35.5. The third kappa shape index (κ3) is 3.15. The van der Waals surface area contributed by atoms with E-state index in [9.17, 15) is 9.18 Å². The standard InChI is InChI=1S/C16H10ClFN4O/c17-11-4-14-13(20-8-11)5-15(22-14)16(23)21-7-9-1-2-12(18)10(3-9)6-19/h1-5,8,22H,7H2,(H,21,23). The second-order valence-electron chi connectivity index (χ2n) is 4.88. The number of aromatic nitrogens is 2. The molecule has 0 atom stereocenters. The van der Waals surface area contributed by atoms with E-state index in [0.29, 0.717) is 27.3 Å². The highest BCUT2D eigenvalue weighted by molar-refractivity contribution is 6.31. The van der Waals surface area contributed by atoms with Gasteiger partial charge in [-0.25, -0.2) is 4.39 Å². The summed E-state index contributed by atoms with van der Waals surface area (Å²) in [5, 5.41) is 12.0. The van der Waals surface area contributed by atoms with Crippen molar-refractivity contribution >= 4 is 28.5 Å². The quantitative estimate of drug-likeness (QED) is 0.775. The minimum atomic E-state index is -0.582. The van der Waals surface area contributed by atoms with E-state index in [4.69, 9.17) is 16.9 Å². The molecular weight excluding hydrogens is 319 g/mol. The van der Waals surface area contributed by atoms with Gasteiger partial charge < -0.3 is 10.3 Å². The Morgan fingerprint density at radius 2 is 2.22 bits per heavy atom. The third-order valence-corrected chi connectivity index (χ3v) is 3.49. The molecule has 0 aliphatic rings. The van der Waals surface area contributed by atoms with E-state index in [2.05, 4.69) is 15.3 Å². The van der Waals surface area contributed by atoms with Gasteiger partial charge in [0.25, 0.3) is 5.91 Å². The van der Waals surface area contributed by atoms with E-state index in [1.807, 2.05) is 0 Å². The van der Waals surface area contributed by atoms with Crippen molar-refractivity contribution in [1.29, 1.82) is 5.26 Å². The van der Waals surface area contributed by atoms with Gasteiger partial charge in [0, 0.05) is 12.7 Å². The topological polar surface area (TPSA) is 81.6 Å². The number of nitrogens with one attached hydrogen (secondary N) is 2. The number of carbonyl (C=O) groups excluding carboxylic acids is 1. The first kappa shape index (κ1) is 15.0. The zero-order valence-corrected chi connectivity index (χ0v) is 12.5. The third-order valence-electron chi connectivity index (χ3n) is 3.28. The Bertz CT molecular complexity index is 945. The van der Waals surface area contributed by atoms with Crippen LogP contribution in [0, 0.1) is 17.1 Å². The molecule has 1 aromatic carbocycles. The maximum atomic E-state index is 13.3. The van der Waals surface area contributed by atoms with Crippen LogP contribution in [0.3, 0.4) is 0 Å². The molecule has 23 heavy (non-hydrogen) atoms. The number of nitriles is 1. The van der Waals surface area contributed by atoms with Crippen molar-refractivity contribution in [2.75, 3.05) is 0 Å². The second-order valence-corrected chi connectivity index (χ2v) is 5.31. The summed E-state index contributed by atoms with van der Waals surface area (Å²) in [6.45, 7) is 0.178. The first-order valence-corrected chi connectivity index (χ1v) is 7.05. The van der Waals surface area contributed by atoms with Crippen molar-refractivity contribution in [3.8, 4) is 6.07 Å². The highest BCUT2D eigenvalue weighted by Gasteiger charge is 2.11. The van der Waals surface area contributed by atoms with Crippen LogP contribution < -0.4 is 5.32 Å². The molecule has 2 N–H and O–H groups in total. The molecule has 1 amide bonds. The van der Waals surface area contributed by atoms with Crippen molar-refractivity contribution in [1.82, 2.24) is 15.3 Å². The summed E-state index contributed by atoms with van der Waals surface area (Å²) in [7, 11) is 0. The summed E-state index contributed by atoms with van der Waals surface area (Å²) in [5.74, 6) is -0.914. The van der Waals surface area contributed by atoms with E-state index in [0.717, 1.165) is 0 Å². The van der Waals surface area contributed by atoms with Crippen LogP contribution in [0.4, 0.5) is 4.39 Å². The lowest BCUT2D eigenvalue weighted by Gasteiger charge is -2.04. The van der Waals surface area contributed by atoms with E-state index in [1.165, 1.54) is 24.4 Å². The monoisotopic (exact) mass is 328 g/mol. The van der Waals surface area contributed by atoms with Gasteiger partial charge in [-0.15, -0.1) is 0 Å². The molecule has 7 heteroatoms. The fourth-order valence-electron chi connectivity index (χ4n) is 2.15. The minimum Gasteiger partial charge on any atom is -0.349 e. The van der Waals surface area contributed by atoms with Crippen molar-refractivity contribution in [3.05, 3.63) is 64.2 Å². The van der Waals surface area contributed by atoms with Gasteiger partial charge in [0.1, 0.15) is 17.6 Å². The smallest absolute Gasteiger partial charge is 0.268 e. The average molecular weight is 329 g/mol. The molecule has 114 valence electrons. The molecule has 0 bridgehead atoms. The maximum absolute atomic E-state index is 13.3. The van der Waals surface area contributed by atoms with Crippen molar-refractivity contribution in [3.63, 3.8) is 0 Å². The zero-order valence-electron chi connectivity index (χ0n) is 11.7. The Balaban J connectivity index is 1.74. The molecular formula is C16H10ClFN4O. The van der Waals surface area contributed by atoms with E-state index >= 15 is 0 Å². The largest absolute Gasteiger partial charge is 0.349 e. The van der Waals surface area contributed by atoms with Gasteiger partial charge in [-0.1, -0.05) is 17.7 Å². The van der Waals surface area contributed by atoms with E-state index in [-0.39, 0.29) is 18.0 Å². The maximum Gasteiger partial charge on any atom is 0.268 e. The van der Waals surface area contributed by atoms with E-state index < -0.39 is 5.82 Å². The molecule has 0 aliphatic heterocycles. The number of benzene rings is 1. The summed E-state index contributed by atoms with van der Waals surface area (Å²) in [5.41, 5.74) is 2.22. The van der Waals surface area contributed by atoms with Crippen LogP contribution in [-0.4, -0.2) is 15.9 Å². The predicted molar refractivity (Wildman–Crippen MR) is 83.4 cm³/mol. The Morgan fingerprint density at radius 1 is 1.39 bits per heavy atom. The van der Waals surface area contributed by atoms with Crippen molar-refractivity contribution < 1.29 is 9.18 Å². The molecule has 0 saturated heterocycles. The second kappa shape index (κ2) is 6.07.